The van der Waals surface area contributed by atoms with Crippen molar-refractivity contribution in [1.29, 1.82) is 0 Å². The molecule has 0 amide bonds. The Kier molecular flexibility index (Phi) is 6.42. The molecule has 0 unspecified atom stereocenters. The second-order valence-corrected chi connectivity index (χ2v) is 12.4. The zero-order valence-electron chi connectivity index (χ0n) is 26.7. The number of furan rings is 2. The summed E-state index contributed by atoms with van der Waals surface area (Å²) >= 11 is 0. The van der Waals surface area contributed by atoms with Crippen LogP contribution >= 0.6 is 0 Å². The smallest absolute Gasteiger partial charge is 0.164 e. The van der Waals surface area contributed by atoms with Crippen LogP contribution in [0.2, 0.25) is 0 Å². The van der Waals surface area contributed by atoms with Gasteiger partial charge in [-0.2, -0.15) is 0 Å². The highest BCUT2D eigenvalue weighted by atomic mass is 16.3. The maximum atomic E-state index is 6.40. The number of hydrogen-bond donors (Lipinski definition) is 0. The standard InChI is InChI=1S/C45H27N3O2/c1-3-12-28(13-4-1)43-46-44(29-14-5-2-6-15-29)48-45(47-43)33-19-10-17-31(25-33)30-16-9-18-32(24-30)34-21-11-23-39-42(34)37-26-36-35-20-7-8-22-38(35)49-40(36)27-41(37)50-39/h1-27H. The number of fused-ring (bicyclic) bond motifs is 6. The fourth-order valence-corrected chi connectivity index (χ4v) is 6.93. The quantitative estimate of drug-likeness (QED) is 0.187. The Morgan fingerprint density at radius 2 is 0.800 bits per heavy atom. The lowest BCUT2D eigenvalue weighted by atomic mass is 9.95. The van der Waals surface area contributed by atoms with Crippen molar-refractivity contribution in [3.05, 3.63) is 164 Å². The van der Waals surface area contributed by atoms with Gasteiger partial charge < -0.3 is 8.83 Å². The molecule has 234 valence electrons. The highest BCUT2D eigenvalue weighted by Gasteiger charge is 2.17. The number of nitrogens with zero attached hydrogens (tertiary/aromatic N) is 3. The molecule has 0 saturated carbocycles. The van der Waals surface area contributed by atoms with Gasteiger partial charge in [0.2, 0.25) is 0 Å². The summed E-state index contributed by atoms with van der Waals surface area (Å²) in [6, 6.07) is 55.9. The van der Waals surface area contributed by atoms with Gasteiger partial charge in [-0.25, -0.2) is 15.0 Å². The summed E-state index contributed by atoms with van der Waals surface area (Å²) in [6.07, 6.45) is 0. The van der Waals surface area contributed by atoms with E-state index in [4.69, 9.17) is 23.8 Å². The molecule has 0 aliphatic heterocycles. The predicted octanol–water partition coefficient (Wildman–Crippen LogP) is 12.0. The van der Waals surface area contributed by atoms with Gasteiger partial charge in [-0.1, -0.05) is 127 Å². The molecule has 3 heterocycles. The monoisotopic (exact) mass is 641 g/mol. The van der Waals surface area contributed by atoms with Crippen molar-refractivity contribution < 1.29 is 8.83 Å². The maximum Gasteiger partial charge on any atom is 0.164 e. The molecule has 5 nitrogen and oxygen atoms in total. The highest BCUT2D eigenvalue weighted by Crippen LogP contribution is 2.41. The lowest BCUT2D eigenvalue weighted by molar-refractivity contribution is 0.656. The highest BCUT2D eigenvalue weighted by molar-refractivity contribution is 6.18. The molecule has 3 aromatic heterocycles. The Hall–Kier alpha value is -6.85. The first-order valence-corrected chi connectivity index (χ1v) is 16.6. The third kappa shape index (κ3) is 4.75. The molecule has 5 heteroatoms. The predicted molar refractivity (Wildman–Crippen MR) is 202 cm³/mol. The van der Waals surface area contributed by atoms with Crippen LogP contribution in [0.15, 0.2) is 173 Å². The van der Waals surface area contributed by atoms with Crippen molar-refractivity contribution in [2.24, 2.45) is 0 Å². The van der Waals surface area contributed by atoms with Crippen molar-refractivity contribution in [3.8, 4) is 56.4 Å². The number of hydrogen-bond acceptors (Lipinski definition) is 5. The molecular weight excluding hydrogens is 615 g/mol. The molecular formula is C45H27N3O2. The van der Waals surface area contributed by atoms with E-state index in [1.807, 2.05) is 91.0 Å². The minimum absolute atomic E-state index is 0.628. The fourth-order valence-electron chi connectivity index (χ4n) is 6.93. The number of rotatable bonds is 5. The van der Waals surface area contributed by atoms with Gasteiger partial charge in [0.05, 0.1) is 0 Å². The molecule has 0 saturated heterocycles. The minimum Gasteiger partial charge on any atom is -0.456 e. The molecule has 0 radical (unpaired) electrons. The first-order valence-electron chi connectivity index (χ1n) is 16.6. The number of para-hydroxylation sites is 1. The Bertz CT molecular complexity index is 2810. The Labute approximate surface area is 287 Å². The van der Waals surface area contributed by atoms with E-state index in [1.165, 1.54) is 0 Å². The van der Waals surface area contributed by atoms with Gasteiger partial charge in [-0.15, -0.1) is 0 Å². The van der Waals surface area contributed by atoms with Gasteiger partial charge in [-0.05, 0) is 52.6 Å². The molecule has 0 fully saturated rings. The van der Waals surface area contributed by atoms with Crippen LogP contribution in [-0.2, 0) is 0 Å². The topological polar surface area (TPSA) is 65.0 Å². The summed E-state index contributed by atoms with van der Waals surface area (Å²) in [5.74, 6) is 1.91. The van der Waals surface area contributed by atoms with E-state index in [-0.39, 0.29) is 0 Å². The van der Waals surface area contributed by atoms with Crippen LogP contribution in [0.5, 0.6) is 0 Å². The summed E-state index contributed by atoms with van der Waals surface area (Å²) in [6.45, 7) is 0. The molecule has 7 aromatic carbocycles. The molecule has 10 rings (SSSR count). The van der Waals surface area contributed by atoms with E-state index in [2.05, 4.69) is 72.8 Å². The van der Waals surface area contributed by atoms with Crippen molar-refractivity contribution in [3.63, 3.8) is 0 Å². The average molecular weight is 642 g/mol. The molecule has 50 heavy (non-hydrogen) atoms. The second-order valence-electron chi connectivity index (χ2n) is 12.4. The molecule has 10 aromatic rings. The lowest BCUT2D eigenvalue weighted by Crippen LogP contribution is -2.00. The average Bonchev–Trinajstić information content (AvgIpc) is 3.75. The molecule has 0 aliphatic carbocycles. The summed E-state index contributed by atoms with van der Waals surface area (Å²) < 4.78 is 12.6. The van der Waals surface area contributed by atoms with Crippen LogP contribution in [0.4, 0.5) is 0 Å². The normalized spacial score (nSPS) is 11.6. The van der Waals surface area contributed by atoms with Gasteiger partial charge >= 0.3 is 0 Å². The molecule has 0 aliphatic rings. The molecule has 0 atom stereocenters. The summed E-state index contributed by atoms with van der Waals surface area (Å²) in [7, 11) is 0. The van der Waals surface area contributed by atoms with E-state index >= 15 is 0 Å². The lowest BCUT2D eigenvalue weighted by Gasteiger charge is -2.11. The van der Waals surface area contributed by atoms with Crippen LogP contribution in [0, 0.1) is 0 Å². The summed E-state index contributed by atoms with van der Waals surface area (Å²) in [4.78, 5) is 14.8. The molecule has 0 bridgehead atoms. The largest absolute Gasteiger partial charge is 0.456 e. The zero-order valence-corrected chi connectivity index (χ0v) is 26.7. The van der Waals surface area contributed by atoms with Crippen LogP contribution in [-0.4, -0.2) is 15.0 Å². The first kappa shape index (κ1) is 28.2. The van der Waals surface area contributed by atoms with Crippen molar-refractivity contribution >= 4 is 43.9 Å². The second kappa shape index (κ2) is 11.4. The first-order chi connectivity index (χ1) is 24.7. The van der Waals surface area contributed by atoms with E-state index < -0.39 is 0 Å². The van der Waals surface area contributed by atoms with Gasteiger partial charge in [0.1, 0.15) is 22.3 Å². The van der Waals surface area contributed by atoms with Gasteiger partial charge in [-0.3, -0.25) is 0 Å². The SMILES string of the molecule is c1ccc(-c2nc(-c3ccccc3)nc(-c3cccc(-c4cccc(-c5cccc6oc7cc8oc9ccccc9c8cc7c56)c4)c3)n2)cc1. The fraction of sp³-hybridized carbons (Fsp3) is 0. The van der Waals surface area contributed by atoms with Gasteiger partial charge in [0.25, 0.3) is 0 Å². The Morgan fingerprint density at radius 1 is 0.300 bits per heavy atom. The Balaban J connectivity index is 1.09. The van der Waals surface area contributed by atoms with E-state index in [0.717, 1.165) is 82.8 Å². The summed E-state index contributed by atoms with van der Waals surface area (Å²) in [5.41, 5.74) is 10.6. The minimum atomic E-state index is 0.628. The third-order valence-corrected chi connectivity index (χ3v) is 9.32. The van der Waals surface area contributed by atoms with Gasteiger partial charge in [0, 0.05) is 44.3 Å². The van der Waals surface area contributed by atoms with E-state index in [0.29, 0.717) is 17.5 Å². The van der Waals surface area contributed by atoms with Crippen LogP contribution < -0.4 is 0 Å². The van der Waals surface area contributed by atoms with Gasteiger partial charge in [0.15, 0.2) is 17.5 Å². The Morgan fingerprint density at radius 3 is 1.52 bits per heavy atom. The third-order valence-electron chi connectivity index (χ3n) is 9.32. The molecule has 0 N–H and O–H groups in total. The van der Waals surface area contributed by atoms with Crippen LogP contribution in [0.25, 0.3) is 100 Å². The van der Waals surface area contributed by atoms with Crippen molar-refractivity contribution in [1.82, 2.24) is 15.0 Å². The van der Waals surface area contributed by atoms with E-state index in [1.54, 1.807) is 0 Å². The van der Waals surface area contributed by atoms with Crippen LogP contribution in [0.1, 0.15) is 0 Å². The zero-order chi connectivity index (χ0) is 33.0. The molecule has 0 spiro atoms. The van der Waals surface area contributed by atoms with E-state index in [9.17, 15) is 0 Å². The van der Waals surface area contributed by atoms with Crippen LogP contribution in [0.3, 0.4) is 0 Å². The van der Waals surface area contributed by atoms with Crippen molar-refractivity contribution in [2.45, 2.75) is 0 Å². The number of aromatic nitrogens is 3. The summed E-state index contributed by atoms with van der Waals surface area (Å²) in [5, 5.41) is 4.34. The maximum absolute atomic E-state index is 6.40. The number of benzene rings is 7. The van der Waals surface area contributed by atoms with Crippen molar-refractivity contribution in [2.75, 3.05) is 0 Å².